The van der Waals surface area contributed by atoms with Gasteiger partial charge in [-0.1, -0.05) is 72.3 Å². The zero-order valence-electron chi connectivity index (χ0n) is 19.1. The van der Waals surface area contributed by atoms with Gasteiger partial charge in [0.05, 0.1) is 27.9 Å². The number of carbonyl (C=O) groups is 2. The van der Waals surface area contributed by atoms with Gasteiger partial charge in [-0.2, -0.15) is 0 Å². The van der Waals surface area contributed by atoms with Crippen LogP contribution < -0.4 is 4.90 Å². The van der Waals surface area contributed by atoms with Gasteiger partial charge >= 0.3 is 0 Å². The lowest BCUT2D eigenvalue weighted by Gasteiger charge is -2.27. The molecule has 0 spiro atoms. The van der Waals surface area contributed by atoms with E-state index < -0.39 is 23.5 Å². The van der Waals surface area contributed by atoms with Crippen molar-refractivity contribution in [1.29, 1.82) is 0 Å². The van der Waals surface area contributed by atoms with E-state index in [1.54, 1.807) is 31.2 Å². The maximum atomic E-state index is 13.9. The van der Waals surface area contributed by atoms with Crippen molar-refractivity contribution in [3.63, 3.8) is 0 Å². The molecular formula is C28H22N2O4S. The Bertz CT molecular complexity index is 1490. The van der Waals surface area contributed by atoms with Gasteiger partial charge in [0.1, 0.15) is 10.8 Å². The summed E-state index contributed by atoms with van der Waals surface area (Å²) in [7, 11) is 0. The molecule has 2 N–H and O–H groups in total. The highest BCUT2D eigenvalue weighted by Crippen LogP contribution is 2.45. The van der Waals surface area contributed by atoms with Gasteiger partial charge in [0.2, 0.25) is 5.78 Å². The summed E-state index contributed by atoms with van der Waals surface area (Å²) in [6.45, 7) is 3.65. The van der Waals surface area contributed by atoms with Gasteiger partial charge in [-0.05, 0) is 31.5 Å². The highest BCUT2D eigenvalue weighted by molar-refractivity contribution is 7.17. The van der Waals surface area contributed by atoms with E-state index in [0.717, 1.165) is 11.1 Å². The zero-order valence-corrected chi connectivity index (χ0v) is 19.9. The molecule has 0 bridgehead atoms. The van der Waals surface area contributed by atoms with Crippen molar-refractivity contribution in [1.82, 2.24) is 4.98 Å². The number of aliphatic hydroxyl groups is 1. The van der Waals surface area contributed by atoms with Crippen molar-refractivity contribution >= 4 is 28.7 Å². The van der Waals surface area contributed by atoms with E-state index in [1.165, 1.54) is 22.3 Å². The third-order valence-electron chi connectivity index (χ3n) is 5.98. The highest BCUT2D eigenvalue weighted by atomic mass is 32.1. The van der Waals surface area contributed by atoms with Crippen molar-refractivity contribution < 1.29 is 19.8 Å². The van der Waals surface area contributed by atoms with Gasteiger partial charge in [-0.3, -0.25) is 14.5 Å². The molecule has 5 rings (SSSR count). The van der Waals surface area contributed by atoms with Crippen LogP contribution in [-0.4, -0.2) is 26.9 Å². The largest absolute Gasteiger partial charge is 0.506 e. The number of hydrogen-bond donors (Lipinski definition) is 2. The molecule has 1 aromatic heterocycles. The van der Waals surface area contributed by atoms with Crippen LogP contribution in [0.2, 0.25) is 0 Å². The number of carbonyl (C=O) groups excluding carboxylic acids is 2. The monoisotopic (exact) mass is 482 g/mol. The van der Waals surface area contributed by atoms with Gasteiger partial charge in [0, 0.05) is 5.56 Å². The summed E-state index contributed by atoms with van der Waals surface area (Å²) in [6.07, 6.45) is 0. The molecule has 0 saturated carbocycles. The normalized spacial score (nSPS) is 15.7. The number of nitrogens with zero attached hydrogens (tertiary/aromatic N) is 2. The van der Waals surface area contributed by atoms with E-state index in [-0.39, 0.29) is 17.0 Å². The predicted octanol–water partition coefficient (Wildman–Crippen LogP) is 5.92. The van der Waals surface area contributed by atoms with Crippen LogP contribution in [0.5, 0.6) is 5.75 Å². The molecule has 4 aromatic rings. The van der Waals surface area contributed by atoms with Crippen LogP contribution in [0, 0.1) is 13.8 Å². The second-order valence-electron chi connectivity index (χ2n) is 8.37. The molecule has 6 nitrogen and oxygen atoms in total. The first-order chi connectivity index (χ1) is 16.9. The summed E-state index contributed by atoms with van der Waals surface area (Å²) in [5.74, 6) is -1.96. The third-order valence-corrected chi connectivity index (χ3v) is 7.18. The number of thiazole rings is 1. The van der Waals surface area contributed by atoms with Crippen LogP contribution in [0.4, 0.5) is 5.69 Å². The number of Topliss-reactive ketones (excluding diaryl/α,β-unsaturated/α-hetero) is 1. The number of amides is 1. The Morgan fingerprint density at radius 1 is 0.943 bits per heavy atom. The number of aliphatic hydroxyl groups excluding tert-OH is 1. The van der Waals surface area contributed by atoms with Gasteiger partial charge in [-0.25, -0.2) is 4.98 Å². The molecular weight excluding hydrogens is 460 g/mol. The SMILES string of the molecule is Cc1cccc(C2C(C(=O)c3sc(-c4ccccc4)nc3C)=C(O)C(=O)N2c2ccccc2O)c1. The van der Waals surface area contributed by atoms with E-state index >= 15 is 0 Å². The number of para-hydroxylation sites is 2. The molecule has 2 heterocycles. The Hall–Kier alpha value is -4.23. The number of ketones is 1. The lowest BCUT2D eigenvalue weighted by molar-refractivity contribution is -0.117. The second kappa shape index (κ2) is 8.85. The minimum absolute atomic E-state index is 0.0322. The minimum Gasteiger partial charge on any atom is -0.506 e. The van der Waals surface area contributed by atoms with Gasteiger partial charge in [-0.15, -0.1) is 11.3 Å². The van der Waals surface area contributed by atoms with Crippen LogP contribution in [0.15, 0.2) is 90.2 Å². The number of phenols is 1. The molecule has 0 radical (unpaired) electrons. The summed E-state index contributed by atoms with van der Waals surface area (Å²) in [5.41, 5.74) is 3.17. The molecule has 1 aliphatic heterocycles. The first-order valence-corrected chi connectivity index (χ1v) is 11.9. The lowest BCUT2D eigenvalue weighted by atomic mass is 9.94. The summed E-state index contributed by atoms with van der Waals surface area (Å²) in [4.78, 5) is 33.4. The fourth-order valence-corrected chi connectivity index (χ4v) is 5.37. The molecule has 0 saturated heterocycles. The fourth-order valence-electron chi connectivity index (χ4n) is 4.34. The number of anilines is 1. The molecule has 1 atom stereocenters. The number of hydrogen-bond acceptors (Lipinski definition) is 6. The van der Waals surface area contributed by atoms with E-state index in [2.05, 4.69) is 4.98 Å². The quantitative estimate of drug-likeness (QED) is 0.345. The van der Waals surface area contributed by atoms with Crippen molar-refractivity contribution in [2.75, 3.05) is 4.90 Å². The van der Waals surface area contributed by atoms with E-state index in [0.29, 0.717) is 21.1 Å². The number of phenolic OH excluding ortho intramolecular Hbond substituents is 1. The maximum absolute atomic E-state index is 13.9. The molecule has 0 fully saturated rings. The number of aryl methyl sites for hydroxylation is 2. The zero-order chi connectivity index (χ0) is 24.7. The maximum Gasteiger partial charge on any atom is 0.294 e. The fraction of sp³-hybridized carbons (Fsp3) is 0.107. The number of aromatic nitrogens is 1. The van der Waals surface area contributed by atoms with Crippen LogP contribution in [0.3, 0.4) is 0 Å². The minimum atomic E-state index is -0.912. The molecule has 0 aliphatic carbocycles. The summed E-state index contributed by atoms with van der Waals surface area (Å²) in [6, 6.07) is 22.4. The van der Waals surface area contributed by atoms with E-state index in [1.807, 2.05) is 55.5 Å². The van der Waals surface area contributed by atoms with Crippen LogP contribution in [0.25, 0.3) is 10.6 Å². The average Bonchev–Trinajstić information content (AvgIpc) is 3.37. The smallest absolute Gasteiger partial charge is 0.294 e. The van der Waals surface area contributed by atoms with Gasteiger partial charge in [0.25, 0.3) is 5.91 Å². The Kier molecular flexibility index (Phi) is 5.70. The Morgan fingerprint density at radius 3 is 2.37 bits per heavy atom. The van der Waals surface area contributed by atoms with Crippen molar-refractivity contribution in [3.05, 3.63) is 112 Å². The van der Waals surface area contributed by atoms with Crippen molar-refractivity contribution in [3.8, 4) is 16.3 Å². The average molecular weight is 483 g/mol. The Morgan fingerprint density at radius 2 is 1.66 bits per heavy atom. The van der Waals surface area contributed by atoms with Gasteiger partial charge in [0.15, 0.2) is 5.76 Å². The highest BCUT2D eigenvalue weighted by Gasteiger charge is 2.46. The molecule has 1 unspecified atom stereocenters. The number of aromatic hydroxyl groups is 1. The first kappa shape index (κ1) is 22.6. The second-order valence-corrected chi connectivity index (χ2v) is 9.37. The first-order valence-electron chi connectivity index (χ1n) is 11.1. The van der Waals surface area contributed by atoms with Crippen molar-refractivity contribution in [2.24, 2.45) is 0 Å². The van der Waals surface area contributed by atoms with Crippen molar-refractivity contribution in [2.45, 2.75) is 19.9 Å². The number of benzene rings is 3. The van der Waals surface area contributed by atoms with Crippen LogP contribution >= 0.6 is 11.3 Å². The summed E-state index contributed by atoms with van der Waals surface area (Å²) < 4.78 is 0. The molecule has 174 valence electrons. The number of rotatable bonds is 5. The topological polar surface area (TPSA) is 90.7 Å². The van der Waals surface area contributed by atoms with Crippen LogP contribution in [0.1, 0.15) is 32.5 Å². The third kappa shape index (κ3) is 3.90. The molecule has 1 amide bonds. The standard InChI is InChI=1S/C28H22N2O4S/c1-16-9-8-12-19(15-16)23-22(25(33)28(34)30(23)20-13-6-7-14-21(20)31)24(32)26-17(2)29-27(35-26)18-10-4-3-5-11-18/h3-15,23,31,33H,1-2H3. The van der Waals surface area contributed by atoms with E-state index in [9.17, 15) is 19.8 Å². The summed E-state index contributed by atoms with van der Waals surface area (Å²) in [5, 5.41) is 22.2. The van der Waals surface area contributed by atoms with E-state index in [4.69, 9.17) is 0 Å². The van der Waals surface area contributed by atoms with Crippen LogP contribution in [-0.2, 0) is 4.79 Å². The Balaban J connectivity index is 1.66. The molecule has 3 aromatic carbocycles. The Labute approximate surface area is 206 Å². The molecule has 1 aliphatic rings. The predicted molar refractivity (Wildman–Crippen MR) is 136 cm³/mol. The molecule has 35 heavy (non-hydrogen) atoms. The lowest BCUT2D eigenvalue weighted by Crippen LogP contribution is -2.31. The van der Waals surface area contributed by atoms with Gasteiger partial charge < -0.3 is 10.2 Å². The summed E-state index contributed by atoms with van der Waals surface area (Å²) >= 11 is 1.23. The molecule has 7 heteroatoms.